The second kappa shape index (κ2) is 6.35. The first-order valence-electron chi connectivity index (χ1n) is 5.18. The molecule has 0 heterocycles. The van der Waals surface area contributed by atoms with Gasteiger partial charge in [-0.05, 0) is 62.4 Å². The van der Waals surface area contributed by atoms with Gasteiger partial charge in [0.05, 0.1) is 5.69 Å². The molecule has 0 fully saturated rings. The number of anilines is 1. The van der Waals surface area contributed by atoms with Crippen LogP contribution >= 0.6 is 50.3 Å². The maximum Gasteiger partial charge on any atom is 0.446 e. The van der Waals surface area contributed by atoms with Gasteiger partial charge < -0.3 is 5.73 Å². The predicted molar refractivity (Wildman–Crippen MR) is 78.2 cm³/mol. The lowest BCUT2D eigenvalue weighted by atomic mass is 9.95. The molecule has 1 rings (SSSR count). The Hall–Kier alpha value is -0.0500. The summed E-state index contributed by atoms with van der Waals surface area (Å²) in [5.74, 6) is 0. The Morgan fingerprint density at radius 3 is 1.78 bits per heavy atom. The molecule has 1 unspecified atom stereocenters. The van der Waals surface area contributed by atoms with Crippen molar-refractivity contribution in [3.63, 3.8) is 0 Å². The minimum Gasteiger partial charge on any atom is -0.397 e. The fraction of sp³-hybridized carbons (Fsp3) is 0.400. The van der Waals surface area contributed by atoms with Crippen molar-refractivity contribution >= 4 is 56.0 Å². The minimum atomic E-state index is -6.10. The molecule has 1 aromatic rings. The van der Waals surface area contributed by atoms with E-state index in [4.69, 9.17) is 5.73 Å². The lowest BCUT2D eigenvalue weighted by Gasteiger charge is -2.32. The van der Waals surface area contributed by atoms with Crippen molar-refractivity contribution < 1.29 is 39.5 Å². The number of thioether (sulfide) groups is 1. The van der Waals surface area contributed by atoms with Crippen molar-refractivity contribution in [3.05, 3.63) is 21.3 Å². The predicted octanol–water partition coefficient (Wildman–Crippen LogP) is 6.20. The summed E-state index contributed by atoms with van der Waals surface area (Å²) in [6.07, 6.45) is -6.10. The van der Waals surface area contributed by atoms with Gasteiger partial charge in [-0.25, -0.2) is 4.39 Å². The Morgan fingerprint density at radius 2 is 1.43 bits per heavy atom. The lowest BCUT2D eigenvalue weighted by Crippen LogP contribution is -2.49. The molecule has 13 heteroatoms. The summed E-state index contributed by atoms with van der Waals surface area (Å²) < 4.78 is 116. The molecule has 0 aliphatic rings. The van der Waals surface area contributed by atoms with E-state index < -0.39 is 53.7 Å². The SMILES string of the molecule is Nc1c(I)cc(C(F)(C(F)(F)F)C(F)(F)Br)cc1SC(F)(F)F. The molecule has 132 valence electrons. The van der Waals surface area contributed by atoms with Crippen LogP contribution in [0.4, 0.5) is 45.2 Å². The van der Waals surface area contributed by atoms with E-state index in [0.29, 0.717) is 6.07 Å². The number of hydrogen-bond acceptors (Lipinski definition) is 2. The molecular weight excluding hydrogens is 544 g/mol. The molecule has 1 aromatic carbocycles. The minimum absolute atomic E-state index is 0.0122. The van der Waals surface area contributed by atoms with E-state index in [2.05, 4.69) is 0 Å². The second-order valence-corrected chi connectivity index (χ2v) is 7.34. The van der Waals surface area contributed by atoms with Gasteiger partial charge in [-0.2, -0.15) is 35.1 Å². The zero-order valence-corrected chi connectivity index (χ0v) is 14.9. The molecule has 1 atom stereocenters. The summed E-state index contributed by atoms with van der Waals surface area (Å²) in [6, 6.07) is 0.331. The molecule has 0 saturated heterocycles. The van der Waals surface area contributed by atoms with Crippen LogP contribution in [0.2, 0.25) is 0 Å². The largest absolute Gasteiger partial charge is 0.446 e. The fourth-order valence-corrected chi connectivity index (χ4v) is 3.41. The van der Waals surface area contributed by atoms with Gasteiger partial charge in [0, 0.05) is 14.0 Å². The molecule has 0 saturated carbocycles. The zero-order chi connectivity index (χ0) is 18.4. The van der Waals surface area contributed by atoms with Crippen LogP contribution in [0, 0.1) is 3.57 Å². The molecule has 1 nitrogen and oxygen atoms in total. The fourth-order valence-electron chi connectivity index (χ4n) is 1.49. The first kappa shape index (κ1) is 21.0. The Bertz CT molecular complexity index is 582. The van der Waals surface area contributed by atoms with Crippen LogP contribution in [-0.2, 0) is 5.67 Å². The van der Waals surface area contributed by atoms with Crippen LogP contribution in [0.1, 0.15) is 5.56 Å². The van der Waals surface area contributed by atoms with Crippen molar-refractivity contribution in [1.29, 1.82) is 0 Å². The van der Waals surface area contributed by atoms with Gasteiger partial charge in [0.1, 0.15) is 0 Å². The highest BCUT2D eigenvalue weighted by Crippen LogP contribution is 2.56. The Kier molecular flexibility index (Phi) is 5.80. The van der Waals surface area contributed by atoms with Crippen molar-refractivity contribution in [1.82, 2.24) is 0 Å². The molecule has 0 spiro atoms. The number of benzene rings is 1. The summed E-state index contributed by atoms with van der Waals surface area (Å²) in [7, 11) is 0. The summed E-state index contributed by atoms with van der Waals surface area (Å²) in [5.41, 5.74) is -7.20. The summed E-state index contributed by atoms with van der Waals surface area (Å²) >= 11 is 1.60. The first-order valence-corrected chi connectivity index (χ1v) is 7.87. The van der Waals surface area contributed by atoms with Crippen molar-refractivity contribution in [2.24, 2.45) is 0 Å². The average molecular weight is 548 g/mol. The third-order valence-corrected chi connectivity index (χ3v) is 4.72. The smallest absolute Gasteiger partial charge is 0.397 e. The number of rotatable bonds is 3. The van der Waals surface area contributed by atoms with Crippen molar-refractivity contribution in [2.75, 3.05) is 5.73 Å². The molecule has 0 radical (unpaired) electrons. The van der Waals surface area contributed by atoms with Crippen molar-refractivity contribution in [2.45, 2.75) is 27.1 Å². The monoisotopic (exact) mass is 547 g/mol. The average Bonchev–Trinajstić information content (AvgIpc) is 2.29. The first-order chi connectivity index (χ1) is 10.0. The van der Waals surface area contributed by atoms with Gasteiger partial charge >= 0.3 is 22.2 Å². The van der Waals surface area contributed by atoms with Crippen molar-refractivity contribution in [3.8, 4) is 0 Å². The molecule has 0 aliphatic carbocycles. The topological polar surface area (TPSA) is 26.0 Å². The van der Waals surface area contributed by atoms with Gasteiger partial charge in [-0.1, -0.05) is 0 Å². The maximum atomic E-state index is 14.2. The third-order valence-electron chi connectivity index (χ3n) is 2.50. The second-order valence-electron chi connectivity index (χ2n) is 4.07. The normalized spacial score (nSPS) is 16.3. The van der Waals surface area contributed by atoms with E-state index >= 15 is 0 Å². The van der Waals surface area contributed by atoms with Gasteiger partial charge in [-0.15, -0.1) is 0 Å². The number of hydrogen-bond donors (Lipinski definition) is 1. The molecule has 2 N–H and O–H groups in total. The highest BCUT2D eigenvalue weighted by Gasteiger charge is 2.71. The van der Waals surface area contributed by atoms with Crippen LogP contribution in [0.15, 0.2) is 17.0 Å². The van der Waals surface area contributed by atoms with E-state index in [1.807, 2.05) is 0 Å². The highest BCUT2D eigenvalue weighted by atomic mass is 127. The Labute approximate surface area is 149 Å². The van der Waals surface area contributed by atoms with E-state index in [1.54, 1.807) is 0 Å². The Morgan fingerprint density at radius 1 is 0.957 bits per heavy atom. The van der Waals surface area contributed by atoms with Crippen LogP contribution in [0.5, 0.6) is 0 Å². The number of nitrogens with two attached hydrogens (primary N) is 1. The van der Waals surface area contributed by atoms with E-state index in [-0.39, 0.29) is 6.07 Å². The maximum absolute atomic E-state index is 14.2. The van der Waals surface area contributed by atoms with Crippen LogP contribution in [0.25, 0.3) is 0 Å². The van der Waals surface area contributed by atoms with E-state index in [0.717, 1.165) is 0 Å². The van der Waals surface area contributed by atoms with E-state index in [9.17, 15) is 39.5 Å². The summed E-state index contributed by atoms with van der Waals surface area (Å²) in [6.45, 7) is 0. The quantitative estimate of drug-likeness (QED) is 0.160. The van der Waals surface area contributed by atoms with Crippen LogP contribution in [0.3, 0.4) is 0 Å². The van der Waals surface area contributed by atoms with Gasteiger partial charge in [0.2, 0.25) is 0 Å². The molecule has 0 aromatic heterocycles. The summed E-state index contributed by atoms with van der Waals surface area (Å²) in [4.78, 5) is -6.13. The van der Waals surface area contributed by atoms with Gasteiger partial charge in [-0.3, -0.25) is 0 Å². The van der Waals surface area contributed by atoms with E-state index in [1.165, 1.54) is 38.5 Å². The molecule has 23 heavy (non-hydrogen) atoms. The number of alkyl halides is 10. The molecule has 0 bridgehead atoms. The lowest BCUT2D eigenvalue weighted by molar-refractivity contribution is -0.282. The highest BCUT2D eigenvalue weighted by molar-refractivity contribution is 14.1. The van der Waals surface area contributed by atoms with Crippen LogP contribution in [-0.4, -0.2) is 16.5 Å². The molecule has 0 amide bonds. The third kappa shape index (κ3) is 4.32. The number of halogens is 11. The standard InChI is InChI=1S/C10H4BrF9INS/c11-8(13,14)7(12,9(15,16)17)3-1-4(21)6(22)5(2-3)23-10(18,19)20/h1-2H,22H2. The number of nitrogen functional groups attached to an aromatic ring is 1. The van der Waals surface area contributed by atoms with Gasteiger partial charge in [0.15, 0.2) is 0 Å². The summed E-state index contributed by atoms with van der Waals surface area (Å²) in [5, 5.41) is 0. The Balaban J connectivity index is 3.64. The molecule has 0 aliphatic heterocycles. The zero-order valence-electron chi connectivity index (χ0n) is 10.3. The van der Waals surface area contributed by atoms with Crippen LogP contribution < -0.4 is 5.73 Å². The van der Waals surface area contributed by atoms with Gasteiger partial charge in [0.25, 0.3) is 0 Å². The molecular formula is C10H4BrF9INS.